The van der Waals surface area contributed by atoms with Gasteiger partial charge in [0.1, 0.15) is 11.6 Å². The lowest BCUT2D eigenvalue weighted by Gasteiger charge is -2.07. The van der Waals surface area contributed by atoms with Crippen molar-refractivity contribution in [3.05, 3.63) is 35.7 Å². The molecule has 0 bridgehead atoms. The molecule has 0 spiro atoms. The maximum absolute atomic E-state index is 9.45. The number of hydrogen-bond acceptors (Lipinski definition) is 5. The SMILES string of the molecule is NCc1nnc(SCc2cccc(O)c2)n1C1CC1. The monoisotopic (exact) mass is 276 g/mol. The van der Waals surface area contributed by atoms with Crippen LogP contribution in [0.5, 0.6) is 5.75 Å². The Morgan fingerprint density at radius 1 is 1.37 bits per heavy atom. The molecule has 1 aromatic heterocycles. The largest absolute Gasteiger partial charge is 0.508 e. The number of hydrogen-bond donors (Lipinski definition) is 2. The molecule has 0 unspecified atom stereocenters. The molecule has 0 saturated heterocycles. The number of nitrogens with two attached hydrogens (primary N) is 1. The fourth-order valence-electron chi connectivity index (χ4n) is 2.04. The molecule has 0 atom stereocenters. The van der Waals surface area contributed by atoms with Gasteiger partial charge in [0.05, 0.1) is 6.54 Å². The number of rotatable bonds is 5. The van der Waals surface area contributed by atoms with Crippen LogP contribution in [0.1, 0.15) is 30.3 Å². The highest BCUT2D eigenvalue weighted by Crippen LogP contribution is 2.39. The summed E-state index contributed by atoms with van der Waals surface area (Å²) in [6.45, 7) is 0.427. The maximum Gasteiger partial charge on any atom is 0.191 e. The first-order chi connectivity index (χ1) is 9.28. The molecular formula is C13H16N4OS. The molecule has 100 valence electrons. The Hall–Kier alpha value is -1.53. The summed E-state index contributed by atoms with van der Waals surface area (Å²) in [5.41, 5.74) is 6.76. The highest BCUT2D eigenvalue weighted by Gasteiger charge is 2.29. The summed E-state index contributed by atoms with van der Waals surface area (Å²) < 4.78 is 2.16. The van der Waals surface area contributed by atoms with Crippen LogP contribution in [0.3, 0.4) is 0 Å². The first-order valence-electron chi connectivity index (χ1n) is 6.32. The van der Waals surface area contributed by atoms with Crippen LogP contribution >= 0.6 is 11.8 Å². The fourth-order valence-corrected chi connectivity index (χ4v) is 3.01. The van der Waals surface area contributed by atoms with Crippen LogP contribution in [0, 0.1) is 0 Å². The Kier molecular flexibility index (Phi) is 3.44. The van der Waals surface area contributed by atoms with Crippen molar-refractivity contribution in [2.24, 2.45) is 5.73 Å². The van der Waals surface area contributed by atoms with Crippen LogP contribution in [0.15, 0.2) is 29.4 Å². The zero-order valence-corrected chi connectivity index (χ0v) is 11.3. The average molecular weight is 276 g/mol. The number of nitrogens with zero attached hydrogens (tertiary/aromatic N) is 3. The number of aromatic nitrogens is 3. The number of phenols is 1. The summed E-state index contributed by atoms with van der Waals surface area (Å²) >= 11 is 1.64. The quantitative estimate of drug-likeness (QED) is 0.817. The van der Waals surface area contributed by atoms with E-state index in [-0.39, 0.29) is 0 Å². The summed E-state index contributed by atoms with van der Waals surface area (Å²) in [4.78, 5) is 0. The average Bonchev–Trinajstić information content (AvgIpc) is 3.17. The number of benzene rings is 1. The Labute approximate surface area is 115 Å². The van der Waals surface area contributed by atoms with Crippen molar-refractivity contribution in [3.8, 4) is 5.75 Å². The molecule has 1 aromatic carbocycles. The third kappa shape index (κ3) is 2.74. The first-order valence-corrected chi connectivity index (χ1v) is 7.31. The van der Waals surface area contributed by atoms with E-state index in [9.17, 15) is 5.11 Å². The lowest BCUT2D eigenvalue weighted by molar-refractivity contribution is 0.475. The third-order valence-corrected chi connectivity index (χ3v) is 4.12. The predicted molar refractivity (Wildman–Crippen MR) is 73.9 cm³/mol. The topological polar surface area (TPSA) is 77.0 Å². The standard InChI is InChI=1S/C13H16N4OS/c14-7-12-15-16-13(17(12)10-4-5-10)19-8-9-2-1-3-11(18)6-9/h1-3,6,10,18H,4-5,7-8,14H2. The Morgan fingerprint density at radius 3 is 2.89 bits per heavy atom. The van der Waals surface area contributed by atoms with Crippen molar-refractivity contribution in [1.82, 2.24) is 14.8 Å². The van der Waals surface area contributed by atoms with E-state index in [1.165, 1.54) is 12.8 Å². The Balaban J connectivity index is 1.75. The van der Waals surface area contributed by atoms with Crippen LogP contribution in [0.25, 0.3) is 0 Å². The molecule has 1 aliphatic rings. The normalized spacial score (nSPS) is 14.8. The van der Waals surface area contributed by atoms with Gasteiger partial charge in [-0.15, -0.1) is 10.2 Å². The van der Waals surface area contributed by atoms with Gasteiger partial charge in [0, 0.05) is 11.8 Å². The van der Waals surface area contributed by atoms with Gasteiger partial charge in [0.2, 0.25) is 0 Å². The molecule has 1 saturated carbocycles. The molecule has 19 heavy (non-hydrogen) atoms. The Morgan fingerprint density at radius 2 is 2.21 bits per heavy atom. The minimum absolute atomic E-state index is 0.296. The van der Waals surface area contributed by atoms with E-state index in [0.29, 0.717) is 18.3 Å². The summed E-state index contributed by atoms with van der Waals surface area (Å²) in [6.07, 6.45) is 2.37. The van der Waals surface area contributed by atoms with E-state index >= 15 is 0 Å². The van der Waals surface area contributed by atoms with E-state index in [1.54, 1.807) is 23.9 Å². The van der Waals surface area contributed by atoms with Crippen molar-refractivity contribution in [2.45, 2.75) is 36.3 Å². The minimum atomic E-state index is 0.296. The van der Waals surface area contributed by atoms with Gasteiger partial charge < -0.3 is 15.4 Å². The first kappa shape index (κ1) is 12.5. The number of thioether (sulfide) groups is 1. The van der Waals surface area contributed by atoms with Crippen molar-refractivity contribution in [1.29, 1.82) is 0 Å². The summed E-state index contributed by atoms with van der Waals surface area (Å²) in [5, 5.41) is 18.7. The van der Waals surface area contributed by atoms with E-state index < -0.39 is 0 Å². The van der Waals surface area contributed by atoms with Gasteiger partial charge >= 0.3 is 0 Å². The molecule has 2 aromatic rings. The van der Waals surface area contributed by atoms with Gasteiger partial charge in [-0.2, -0.15) is 0 Å². The fraction of sp³-hybridized carbons (Fsp3) is 0.385. The predicted octanol–water partition coefficient (Wildman–Crippen LogP) is 2.07. The van der Waals surface area contributed by atoms with Gasteiger partial charge in [-0.25, -0.2) is 0 Å². The molecule has 1 aliphatic carbocycles. The third-order valence-electron chi connectivity index (χ3n) is 3.11. The summed E-state index contributed by atoms with van der Waals surface area (Å²) in [7, 11) is 0. The highest BCUT2D eigenvalue weighted by atomic mass is 32.2. The van der Waals surface area contributed by atoms with Crippen LogP contribution in [0.2, 0.25) is 0 Å². The molecule has 0 aliphatic heterocycles. The lowest BCUT2D eigenvalue weighted by atomic mass is 10.2. The van der Waals surface area contributed by atoms with Gasteiger partial charge in [-0.05, 0) is 30.5 Å². The van der Waals surface area contributed by atoms with Crippen LogP contribution < -0.4 is 5.73 Å². The van der Waals surface area contributed by atoms with E-state index in [2.05, 4.69) is 14.8 Å². The molecule has 0 amide bonds. The zero-order valence-electron chi connectivity index (χ0n) is 10.5. The van der Waals surface area contributed by atoms with Gasteiger partial charge in [-0.1, -0.05) is 23.9 Å². The van der Waals surface area contributed by atoms with Gasteiger partial charge in [0.15, 0.2) is 5.16 Å². The maximum atomic E-state index is 9.45. The molecule has 3 N–H and O–H groups in total. The minimum Gasteiger partial charge on any atom is -0.508 e. The van der Waals surface area contributed by atoms with Gasteiger partial charge in [-0.3, -0.25) is 0 Å². The van der Waals surface area contributed by atoms with E-state index in [1.807, 2.05) is 12.1 Å². The zero-order chi connectivity index (χ0) is 13.2. The molecule has 3 rings (SSSR count). The molecular weight excluding hydrogens is 260 g/mol. The van der Waals surface area contributed by atoms with E-state index in [4.69, 9.17) is 5.73 Å². The highest BCUT2D eigenvalue weighted by molar-refractivity contribution is 7.98. The molecule has 5 nitrogen and oxygen atoms in total. The lowest BCUT2D eigenvalue weighted by Crippen LogP contribution is -2.08. The van der Waals surface area contributed by atoms with Crippen molar-refractivity contribution in [2.75, 3.05) is 0 Å². The number of phenolic OH excluding ortho intramolecular Hbond substituents is 1. The second kappa shape index (κ2) is 5.22. The summed E-state index contributed by atoms with van der Waals surface area (Å²) in [6, 6.07) is 7.82. The second-order valence-electron chi connectivity index (χ2n) is 4.66. The van der Waals surface area contributed by atoms with Crippen molar-refractivity contribution in [3.63, 3.8) is 0 Å². The number of aromatic hydroxyl groups is 1. The smallest absolute Gasteiger partial charge is 0.191 e. The molecule has 6 heteroatoms. The van der Waals surface area contributed by atoms with Crippen LogP contribution in [-0.2, 0) is 12.3 Å². The summed E-state index contributed by atoms with van der Waals surface area (Å²) in [5.74, 6) is 1.93. The van der Waals surface area contributed by atoms with Crippen LogP contribution in [0.4, 0.5) is 0 Å². The van der Waals surface area contributed by atoms with E-state index in [0.717, 1.165) is 22.3 Å². The van der Waals surface area contributed by atoms with Crippen molar-refractivity contribution >= 4 is 11.8 Å². The molecule has 1 heterocycles. The van der Waals surface area contributed by atoms with Crippen LogP contribution in [-0.4, -0.2) is 19.9 Å². The molecule has 1 fully saturated rings. The van der Waals surface area contributed by atoms with Gasteiger partial charge in [0.25, 0.3) is 0 Å². The molecule has 0 radical (unpaired) electrons. The second-order valence-corrected chi connectivity index (χ2v) is 5.61. The van der Waals surface area contributed by atoms with Crippen molar-refractivity contribution < 1.29 is 5.11 Å². The Bertz CT molecular complexity index is 580.